The number of sulfonamides is 1. The van der Waals surface area contributed by atoms with Crippen molar-refractivity contribution >= 4 is 31.6 Å². The normalized spacial score (nSPS) is 11.2. The zero-order valence-electron chi connectivity index (χ0n) is 9.17. The molecule has 94 valence electrons. The quantitative estimate of drug-likeness (QED) is 0.910. The van der Waals surface area contributed by atoms with Crippen molar-refractivity contribution < 1.29 is 13.5 Å². The van der Waals surface area contributed by atoms with Gasteiger partial charge in [0.15, 0.2) is 0 Å². The minimum Gasteiger partial charge on any atom is -0.508 e. The number of halogens is 1. The zero-order chi connectivity index (χ0) is 13.2. The molecule has 18 heavy (non-hydrogen) atoms. The van der Waals surface area contributed by atoms with Crippen molar-refractivity contribution in [2.24, 2.45) is 0 Å². The van der Waals surface area contributed by atoms with Crippen LogP contribution in [0, 0.1) is 0 Å². The molecule has 0 aliphatic carbocycles. The molecule has 0 amide bonds. The van der Waals surface area contributed by atoms with Gasteiger partial charge < -0.3 is 5.11 Å². The number of rotatable bonds is 3. The summed E-state index contributed by atoms with van der Waals surface area (Å²) in [5.41, 5.74) is 0.445. The minimum atomic E-state index is -3.70. The van der Waals surface area contributed by atoms with Crippen LogP contribution >= 0.6 is 15.9 Å². The summed E-state index contributed by atoms with van der Waals surface area (Å²) < 4.78 is 27.2. The number of nitrogens with one attached hydrogen (secondary N) is 1. The van der Waals surface area contributed by atoms with Crippen molar-refractivity contribution in [1.29, 1.82) is 0 Å². The number of hydrogen-bond donors (Lipinski definition) is 2. The molecule has 0 spiro atoms. The van der Waals surface area contributed by atoms with E-state index in [4.69, 9.17) is 0 Å². The van der Waals surface area contributed by atoms with Gasteiger partial charge in [-0.2, -0.15) is 0 Å². The van der Waals surface area contributed by atoms with E-state index >= 15 is 0 Å². The van der Waals surface area contributed by atoms with Crippen molar-refractivity contribution in [2.45, 2.75) is 4.90 Å². The molecule has 0 heterocycles. The lowest BCUT2D eigenvalue weighted by molar-refractivity contribution is 0.473. The van der Waals surface area contributed by atoms with Gasteiger partial charge in [0.2, 0.25) is 0 Å². The van der Waals surface area contributed by atoms with E-state index in [0.29, 0.717) is 10.2 Å². The lowest BCUT2D eigenvalue weighted by atomic mass is 10.3. The summed E-state index contributed by atoms with van der Waals surface area (Å²) in [7, 11) is -3.70. The third-order valence-corrected chi connectivity index (χ3v) is 4.30. The molecular weight excluding hydrogens is 318 g/mol. The van der Waals surface area contributed by atoms with Crippen LogP contribution in [0.4, 0.5) is 5.69 Å². The summed E-state index contributed by atoms with van der Waals surface area (Å²) in [6, 6.07) is 12.4. The first-order valence-electron chi connectivity index (χ1n) is 5.05. The summed E-state index contributed by atoms with van der Waals surface area (Å²) in [5, 5.41) is 9.30. The SMILES string of the molecule is O=S(=O)(Nc1ccccc1Br)c1cccc(O)c1. The molecule has 2 N–H and O–H groups in total. The van der Waals surface area contributed by atoms with Crippen molar-refractivity contribution in [2.75, 3.05) is 4.72 Å². The summed E-state index contributed by atoms with van der Waals surface area (Å²) >= 11 is 3.26. The predicted octanol–water partition coefficient (Wildman–Crippen LogP) is 2.96. The topological polar surface area (TPSA) is 66.4 Å². The number of hydrogen-bond acceptors (Lipinski definition) is 3. The fourth-order valence-corrected chi connectivity index (χ4v) is 3.03. The Labute approximate surface area is 113 Å². The highest BCUT2D eigenvalue weighted by Gasteiger charge is 2.15. The lowest BCUT2D eigenvalue weighted by Gasteiger charge is -2.09. The monoisotopic (exact) mass is 327 g/mol. The molecule has 0 aliphatic rings. The van der Waals surface area contributed by atoms with E-state index in [9.17, 15) is 13.5 Å². The minimum absolute atomic E-state index is 0.0123. The highest BCUT2D eigenvalue weighted by Crippen LogP contribution is 2.25. The van der Waals surface area contributed by atoms with Crippen LogP contribution < -0.4 is 4.72 Å². The maximum absolute atomic E-state index is 12.1. The molecule has 2 aromatic carbocycles. The molecule has 0 saturated carbocycles. The maximum Gasteiger partial charge on any atom is 0.262 e. The lowest BCUT2D eigenvalue weighted by Crippen LogP contribution is -2.13. The van der Waals surface area contributed by atoms with Gasteiger partial charge in [-0.1, -0.05) is 18.2 Å². The maximum atomic E-state index is 12.1. The standard InChI is InChI=1S/C12H10BrNO3S/c13-11-6-1-2-7-12(11)14-18(16,17)10-5-3-4-9(15)8-10/h1-8,14-15H. The Hall–Kier alpha value is -1.53. The van der Waals surface area contributed by atoms with Gasteiger partial charge in [0.25, 0.3) is 10.0 Å². The van der Waals surface area contributed by atoms with Gasteiger partial charge in [-0.15, -0.1) is 0 Å². The van der Waals surface area contributed by atoms with Gasteiger partial charge in [0, 0.05) is 10.5 Å². The van der Waals surface area contributed by atoms with Gasteiger partial charge in [-0.25, -0.2) is 8.42 Å². The first-order valence-corrected chi connectivity index (χ1v) is 7.33. The Bertz CT molecular complexity index is 671. The molecule has 6 heteroatoms. The third-order valence-electron chi connectivity index (χ3n) is 2.25. The summed E-state index contributed by atoms with van der Waals surface area (Å²) in [4.78, 5) is 0.0123. The van der Waals surface area contributed by atoms with Crippen molar-refractivity contribution in [3.8, 4) is 5.75 Å². The van der Waals surface area contributed by atoms with Crippen LogP contribution in [0.15, 0.2) is 57.9 Å². The summed E-state index contributed by atoms with van der Waals surface area (Å²) in [6.07, 6.45) is 0. The Morgan fingerprint density at radius 3 is 2.44 bits per heavy atom. The van der Waals surface area contributed by atoms with E-state index < -0.39 is 10.0 Å². The average Bonchev–Trinajstić information content (AvgIpc) is 2.32. The molecule has 2 aromatic rings. The fraction of sp³-hybridized carbons (Fsp3) is 0. The summed E-state index contributed by atoms with van der Waals surface area (Å²) in [6.45, 7) is 0. The number of benzene rings is 2. The Balaban J connectivity index is 2.37. The van der Waals surface area contributed by atoms with Crippen LogP contribution in [0.5, 0.6) is 5.75 Å². The van der Waals surface area contributed by atoms with E-state index in [-0.39, 0.29) is 10.6 Å². The molecule has 0 aliphatic heterocycles. The molecule has 0 fully saturated rings. The second kappa shape index (κ2) is 4.99. The van der Waals surface area contributed by atoms with Crippen molar-refractivity contribution in [3.05, 3.63) is 53.0 Å². The predicted molar refractivity (Wildman–Crippen MR) is 73.1 cm³/mol. The molecule has 0 aromatic heterocycles. The Morgan fingerprint density at radius 1 is 1.06 bits per heavy atom. The van der Waals surface area contributed by atoms with Crippen LogP contribution in [0.1, 0.15) is 0 Å². The average molecular weight is 328 g/mol. The molecular formula is C12H10BrNO3S. The molecule has 0 saturated heterocycles. The number of anilines is 1. The first-order chi connectivity index (χ1) is 8.49. The van der Waals surface area contributed by atoms with Gasteiger partial charge in [0.05, 0.1) is 10.6 Å². The van der Waals surface area contributed by atoms with Gasteiger partial charge >= 0.3 is 0 Å². The van der Waals surface area contributed by atoms with Crippen molar-refractivity contribution in [1.82, 2.24) is 0 Å². The van der Waals surface area contributed by atoms with E-state index in [1.807, 2.05) is 0 Å². The highest BCUT2D eigenvalue weighted by molar-refractivity contribution is 9.10. The van der Waals surface area contributed by atoms with Crippen molar-refractivity contribution in [3.63, 3.8) is 0 Å². The Morgan fingerprint density at radius 2 is 1.78 bits per heavy atom. The van der Waals surface area contributed by atoms with E-state index in [2.05, 4.69) is 20.7 Å². The van der Waals surface area contributed by atoms with Crippen LogP contribution in [0.3, 0.4) is 0 Å². The van der Waals surface area contributed by atoms with E-state index in [1.165, 1.54) is 24.3 Å². The van der Waals surface area contributed by atoms with Crippen LogP contribution in [0.2, 0.25) is 0 Å². The first kappa shape index (κ1) is 12.9. The fourth-order valence-electron chi connectivity index (χ4n) is 1.40. The second-order valence-corrected chi connectivity index (χ2v) is 6.12. The van der Waals surface area contributed by atoms with Gasteiger partial charge in [0.1, 0.15) is 5.75 Å². The van der Waals surface area contributed by atoms with Gasteiger partial charge in [-0.3, -0.25) is 4.72 Å². The third kappa shape index (κ3) is 2.83. The van der Waals surface area contributed by atoms with Gasteiger partial charge in [-0.05, 0) is 40.2 Å². The highest BCUT2D eigenvalue weighted by atomic mass is 79.9. The largest absolute Gasteiger partial charge is 0.508 e. The van der Waals surface area contributed by atoms with E-state index in [1.54, 1.807) is 24.3 Å². The molecule has 0 bridgehead atoms. The number of phenolic OH excluding ortho intramolecular Hbond substituents is 1. The molecule has 0 unspecified atom stereocenters. The summed E-state index contributed by atoms with van der Waals surface area (Å²) in [5.74, 6) is -0.0926. The number of aromatic hydroxyl groups is 1. The number of phenols is 1. The molecule has 0 atom stereocenters. The Kier molecular flexibility index (Phi) is 3.58. The van der Waals surface area contributed by atoms with E-state index in [0.717, 1.165) is 0 Å². The zero-order valence-corrected chi connectivity index (χ0v) is 11.6. The number of para-hydroxylation sites is 1. The second-order valence-electron chi connectivity index (χ2n) is 3.58. The van der Waals surface area contributed by atoms with Crippen LogP contribution in [0.25, 0.3) is 0 Å². The molecule has 2 rings (SSSR count). The van der Waals surface area contributed by atoms with Crippen LogP contribution in [-0.4, -0.2) is 13.5 Å². The molecule has 0 radical (unpaired) electrons. The smallest absolute Gasteiger partial charge is 0.262 e. The molecule has 4 nitrogen and oxygen atoms in total. The van der Waals surface area contributed by atoms with Crippen LogP contribution in [-0.2, 0) is 10.0 Å².